The number of amides is 2. The molecular weight excluding hydrogens is 292 g/mol. The Bertz CT molecular complexity index is 560. The number of benzene rings is 1. The van der Waals surface area contributed by atoms with Crippen LogP contribution in [-0.2, 0) is 16.0 Å². The Morgan fingerprint density at radius 1 is 1.13 bits per heavy atom. The van der Waals surface area contributed by atoms with Gasteiger partial charge in [-0.2, -0.15) is 0 Å². The van der Waals surface area contributed by atoms with Gasteiger partial charge in [0.05, 0.1) is 12.0 Å². The summed E-state index contributed by atoms with van der Waals surface area (Å²) >= 11 is 0. The molecule has 0 bridgehead atoms. The molecule has 5 nitrogen and oxygen atoms in total. The van der Waals surface area contributed by atoms with E-state index in [-0.39, 0.29) is 5.91 Å². The highest BCUT2D eigenvalue weighted by Crippen LogP contribution is 2.08. The normalized spacial score (nSPS) is 11.7. The minimum Gasteiger partial charge on any atom is -0.444 e. The van der Waals surface area contributed by atoms with Gasteiger partial charge in [0.1, 0.15) is 5.60 Å². The maximum atomic E-state index is 12.2. The van der Waals surface area contributed by atoms with E-state index < -0.39 is 17.2 Å². The van der Waals surface area contributed by atoms with Crippen LogP contribution in [0.1, 0.15) is 45.7 Å². The first-order chi connectivity index (χ1) is 10.5. The molecule has 23 heavy (non-hydrogen) atoms. The maximum absolute atomic E-state index is 12.2. The third-order valence-corrected chi connectivity index (χ3v) is 3.00. The average Bonchev–Trinajstić information content (AvgIpc) is 2.33. The topological polar surface area (TPSA) is 67.4 Å². The summed E-state index contributed by atoms with van der Waals surface area (Å²) in [6, 6.07) is 7.85. The monoisotopic (exact) mass is 320 g/mol. The van der Waals surface area contributed by atoms with Crippen molar-refractivity contribution in [3.8, 4) is 0 Å². The minimum absolute atomic E-state index is 0.0772. The Labute approximate surface area is 138 Å². The van der Waals surface area contributed by atoms with Crippen molar-refractivity contribution in [1.29, 1.82) is 0 Å². The van der Waals surface area contributed by atoms with Crippen molar-refractivity contribution in [2.75, 3.05) is 6.54 Å². The fraction of sp³-hybridized carbons (Fsp3) is 0.556. The quantitative estimate of drug-likeness (QED) is 0.876. The summed E-state index contributed by atoms with van der Waals surface area (Å²) in [6.07, 6.45) is -0.170. The van der Waals surface area contributed by atoms with Gasteiger partial charge in [-0.3, -0.25) is 4.79 Å². The predicted molar refractivity (Wildman–Crippen MR) is 91.3 cm³/mol. The third kappa shape index (κ3) is 8.24. The number of rotatable bonds is 5. The lowest BCUT2D eigenvalue weighted by molar-refractivity contribution is -0.122. The summed E-state index contributed by atoms with van der Waals surface area (Å²) in [5.41, 5.74) is 1.00. The molecule has 0 saturated carbocycles. The molecule has 0 aliphatic carbocycles. The van der Waals surface area contributed by atoms with E-state index in [4.69, 9.17) is 4.74 Å². The Balaban J connectivity index is 2.47. The van der Waals surface area contributed by atoms with Crippen LogP contribution in [0.4, 0.5) is 4.79 Å². The second-order valence-corrected chi connectivity index (χ2v) is 7.45. The highest BCUT2D eigenvalue weighted by atomic mass is 16.6. The minimum atomic E-state index is -0.558. The first-order valence-corrected chi connectivity index (χ1v) is 7.80. The van der Waals surface area contributed by atoms with E-state index in [1.165, 1.54) is 0 Å². The van der Waals surface area contributed by atoms with Crippen LogP contribution >= 0.6 is 0 Å². The number of alkyl carbamates (subject to hydrolysis) is 1. The van der Waals surface area contributed by atoms with Gasteiger partial charge >= 0.3 is 6.09 Å². The number of nitrogens with one attached hydrogen (secondary N) is 2. The van der Waals surface area contributed by atoms with Crippen LogP contribution < -0.4 is 10.6 Å². The molecular formula is C18H28N2O3. The molecule has 0 fully saturated rings. The van der Waals surface area contributed by atoms with E-state index in [1.807, 2.05) is 45.0 Å². The van der Waals surface area contributed by atoms with E-state index in [9.17, 15) is 9.59 Å². The third-order valence-electron chi connectivity index (χ3n) is 3.00. The van der Waals surface area contributed by atoms with Gasteiger partial charge in [0.15, 0.2) is 0 Å². The van der Waals surface area contributed by atoms with Crippen molar-refractivity contribution in [3.63, 3.8) is 0 Å². The van der Waals surface area contributed by atoms with Gasteiger partial charge in [0.2, 0.25) is 5.91 Å². The second-order valence-electron chi connectivity index (χ2n) is 7.45. The Hall–Kier alpha value is -2.04. The molecule has 0 radical (unpaired) electrons. The van der Waals surface area contributed by atoms with Gasteiger partial charge < -0.3 is 15.4 Å². The van der Waals surface area contributed by atoms with Crippen molar-refractivity contribution < 1.29 is 14.3 Å². The van der Waals surface area contributed by atoms with E-state index >= 15 is 0 Å². The van der Waals surface area contributed by atoms with Crippen molar-refractivity contribution in [2.45, 2.75) is 59.1 Å². The summed E-state index contributed by atoms with van der Waals surface area (Å²) in [5.74, 6) is -0.0772. The molecule has 2 N–H and O–H groups in total. The standard InChI is InChI=1S/C18H28N2O3/c1-13-8-7-9-14(10-13)11-15(21)20-18(5,6)12-19-16(22)23-17(2,3)4/h7-10H,11-12H2,1-6H3,(H,19,22)(H,20,21). The van der Waals surface area contributed by atoms with Crippen molar-refractivity contribution in [1.82, 2.24) is 10.6 Å². The molecule has 0 aliphatic heterocycles. The molecule has 5 heteroatoms. The Morgan fingerprint density at radius 3 is 2.35 bits per heavy atom. The highest BCUT2D eigenvalue weighted by molar-refractivity contribution is 5.79. The summed E-state index contributed by atoms with van der Waals surface area (Å²) in [4.78, 5) is 23.8. The predicted octanol–water partition coefficient (Wildman–Crippen LogP) is 2.96. The SMILES string of the molecule is Cc1cccc(CC(=O)NC(C)(C)CNC(=O)OC(C)(C)C)c1. The zero-order valence-electron chi connectivity index (χ0n) is 14.9. The molecule has 0 aromatic heterocycles. The second kappa shape index (κ2) is 7.49. The van der Waals surface area contributed by atoms with Crippen LogP contribution in [0.25, 0.3) is 0 Å². The number of hydrogen-bond donors (Lipinski definition) is 2. The van der Waals surface area contributed by atoms with Gasteiger partial charge in [-0.25, -0.2) is 4.79 Å². The van der Waals surface area contributed by atoms with Crippen LogP contribution in [0, 0.1) is 6.92 Å². The Morgan fingerprint density at radius 2 is 1.78 bits per heavy atom. The summed E-state index contributed by atoms with van der Waals surface area (Å²) in [6.45, 7) is 11.4. The zero-order chi connectivity index (χ0) is 17.7. The summed E-state index contributed by atoms with van der Waals surface area (Å²) < 4.78 is 5.18. The molecule has 1 aromatic rings. The lowest BCUT2D eigenvalue weighted by Gasteiger charge is -2.28. The van der Waals surface area contributed by atoms with Gasteiger partial charge in [-0.15, -0.1) is 0 Å². The first-order valence-electron chi connectivity index (χ1n) is 7.80. The molecule has 0 heterocycles. The van der Waals surface area contributed by atoms with Crippen LogP contribution in [-0.4, -0.2) is 29.7 Å². The van der Waals surface area contributed by atoms with E-state index in [0.717, 1.165) is 11.1 Å². The zero-order valence-corrected chi connectivity index (χ0v) is 14.9. The van der Waals surface area contributed by atoms with Crippen LogP contribution in [0.5, 0.6) is 0 Å². The molecule has 1 rings (SSSR count). The largest absolute Gasteiger partial charge is 0.444 e. The number of carbonyl (C=O) groups excluding carboxylic acids is 2. The van der Waals surface area contributed by atoms with E-state index in [1.54, 1.807) is 20.8 Å². The number of hydrogen-bond acceptors (Lipinski definition) is 3. The maximum Gasteiger partial charge on any atom is 0.407 e. The first kappa shape index (κ1) is 19.0. The summed E-state index contributed by atoms with van der Waals surface area (Å²) in [7, 11) is 0. The van der Waals surface area contributed by atoms with Crippen molar-refractivity contribution in [2.24, 2.45) is 0 Å². The van der Waals surface area contributed by atoms with E-state index in [2.05, 4.69) is 10.6 Å². The highest BCUT2D eigenvalue weighted by Gasteiger charge is 2.23. The average molecular weight is 320 g/mol. The van der Waals surface area contributed by atoms with Crippen molar-refractivity contribution in [3.05, 3.63) is 35.4 Å². The fourth-order valence-electron chi connectivity index (χ4n) is 2.08. The number of aryl methyl sites for hydroxylation is 1. The van der Waals surface area contributed by atoms with Gasteiger partial charge in [-0.1, -0.05) is 29.8 Å². The molecule has 0 saturated heterocycles. The van der Waals surface area contributed by atoms with Crippen LogP contribution in [0.2, 0.25) is 0 Å². The molecule has 128 valence electrons. The van der Waals surface area contributed by atoms with Crippen LogP contribution in [0.15, 0.2) is 24.3 Å². The van der Waals surface area contributed by atoms with Crippen molar-refractivity contribution >= 4 is 12.0 Å². The summed E-state index contributed by atoms with van der Waals surface area (Å²) in [5, 5.41) is 5.62. The lowest BCUT2D eigenvalue weighted by atomic mass is 10.0. The molecule has 0 unspecified atom stereocenters. The molecule has 2 amide bonds. The molecule has 0 spiro atoms. The Kier molecular flexibility index (Phi) is 6.19. The number of carbonyl (C=O) groups is 2. The molecule has 0 atom stereocenters. The smallest absolute Gasteiger partial charge is 0.407 e. The molecule has 0 aliphatic rings. The lowest BCUT2D eigenvalue weighted by Crippen LogP contribution is -2.52. The van der Waals surface area contributed by atoms with Gasteiger partial charge in [0.25, 0.3) is 0 Å². The van der Waals surface area contributed by atoms with Crippen LogP contribution in [0.3, 0.4) is 0 Å². The molecule has 1 aromatic carbocycles. The fourth-order valence-corrected chi connectivity index (χ4v) is 2.08. The number of ether oxygens (including phenoxy) is 1. The van der Waals surface area contributed by atoms with Gasteiger partial charge in [0, 0.05) is 6.54 Å². The van der Waals surface area contributed by atoms with Gasteiger partial charge in [-0.05, 0) is 47.1 Å². The van der Waals surface area contributed by atoms with E-state index in [0.29, 0.717) is 13.0 Å².